The summed E-state index contributed by atoms with van der Waals surface area (Å²) in [6.45, 7) is 2.51. The van der Waals surface area contributed by atoms with Crippen LogP contribution in [0.2, 0.25) is 0 Å². The summed E-state index contributed by atoms with van der Waals surface area (Å²) >= 11 is 0. The lowest BCUT2D eigenvalue weighted by molar-refractivity contribution is -0.144. The van der Waals surface area contributed by atoms with E-state index >= 15 is 0 Å². The van der Waals surface area contributed by atoms with Crippen molar-refractivity contribution in [3.63, 3.8) is 0 Å². The number of carbonyl (C=O) groups excluding carboxylic acids is 2. The molecule has 0 aromatic carbocycles. The van der Waals surface area contributed by atoms with Gasteiger partial charge < -0.3 is 14.5 Å². The zero-order valence-corrected chi connectivity index (χ0v) is 12.2. The molecule has 0 fully saturated rings. The number of hydrogen-bond donors (Lipinski definition) is 1. The van der Waals surface area contributed by atoms with E-state index in [-0.39, 0.29) is 30.8 Å². The van der Waals surface area contributed by atoms with Gasteiger partial charge in [-0.2, -0.15) is 0 Å². The van der Waals surface area contributed by atoms with E-state index in [9.17, 15) is 9.59 Å². The highest BCUT2D eigenvalue weighted by molar-refractivity contribution is 5.81. The summed E-state index contributed by atoms with van der Waals surface area (Å²) < 4.78 is 10.1. The summed E-state index contributed by atoms with van der Waals surface area (Å²) in [5, 5.41) is 2.80. The molecule has 0 saturated carbocycles. The van der Waals surface area contributed by atoms with Gasteiger partial charge in [-0.25, -0.2) is 0 Å². The van der Waals surface area contributed by atoms with Crippen molar-refractivity contribution in [3.8, 4) is 0 Å². The zero-order valence-electron chi connectivity index (χ0n) is 12.2. The minimum atomic E-state index is -0.349. The molecule has 0 bridgehead atoms. The molecule has 1 amide bonds. The van der Waals surface area contributed by atoms with Crippen molar-refractivity contribution in [2.24, 2.45) is 0 Å². The minimum absolute atomic E-state index is 0.0310. The molecule has 1 N–H and O–H groups in total. The third-order valence-corrected chi connectivity index (χ3v) is 2.85. The zero-order chi connectivity index (χ0) is 15.0. The highest BCUT2D eigenvalue weighted by atomic mass is 16.5. The molecule has 0 aliphatic rings. The number of esters is 1. The van der Waals surface area contributed by atoms with Gasteiger partial charge in [-0.05, 0) is 33.2 Å². The van der Waals surface area contributed by atoms with Gasteiger partial charge in [0.05, 0.1) is 25.3 Å². The number of carbonyl (C=O) groups is 2. The number of furan rings is 1. The largest absolute Gasteiger partial charge is 0.468 e. The first kappa shape index (κ1) is 16.2. The van der Waals surface area contributed by atoms with Gasteiger partial charge in [0.25, 0.3) is 0 Å². The Labute approximate surface area is 119 Å². The second-order valence-corrected chi connectivity index (χ2v) is 4.60. The monoisotopic (exact) mass is 282 g/mol. The van der Waals surface area contributed by atoms with Gasteiger partial charge in [0.1, 0.15) is 5.76 Å². The highest BCUT2D eigenvalue weighted by Gasteiger charge is 2.18. The fourth-order valence-corrected chi connectivity index (χ4v) is 1.77. The summed E-state index contributed by atoms with van der Waals surface area (Å²) in [6, 6.07) is 3.65. The van der Waals surface area contributed by atoms with Crippen LogP contribution in [0.4, 0.5) is 0 Å². The average molecular weight is 282 g/mol. The quantitative estimate of drug-likeness (QED) is 0.729. The topological polar surface area (TPSA) is 71.8 Å². The Hall–Kier alpha value is -1.82. The van der Waals surface area contributed by atoms with Gasteiger partial charge in [-0.1, -0.05) is 0 Å². The van der Waals surface area contributed by atoms with Crippen molar-refractivity contribution in [1.82, 2.24) is 10.2 Å². The number of amides is 1. The van der Waals surface area contributed by atoms with E-state index in [2.05, 4.69) is 5.32 Å². The summed E-state index contributed by atoms with van der Waals surface area (Å²) in [4.78, 5) is 24.8. The molecule has 6 heteroatoms. The van der Waals surface area contributed by atoms with Crippen molar-refractivity contribution in [2.45, 2.75) is 25.8 Å². The smallest absolute Gasteiger partial charge is 0.306 e. The van der Waals surface area contributed by atoms with E-state index in [1.165, 1.54) is 0 Å². The Bertz CT molecular complexity index is 415. The van der Waals surface area contributed by atoms with Crippen molar-refractivity contribution in [3.05, 3.63) is 24.2 Å². The molecular weight excluding hydrogens is 260 g/mol. The first-order valence-electron chi connectivity index (χ1n) is 6.66. The molecule has 20 heavy (non-hydrogen) atoms. The van der Waals surface area contributed by atoms with Crippen LogP contribution in [0.3, 0.4) is 0 Å². The number of likely N-dealkylation sites (N-methyl/N-ethyl adjacent to an activating group) is 1. The lowest BCUT2D eigenvalue weighted by Crippen LogP contribution is -2.34. The average Bonchev–Trinajstić information content (AvgIpc) is 2.90. The highest BCUT2D eigenvalue weighted by Crippen LogP contribution is 2.17. The lowest BCUT2D eigenvalue weighted by atomic mass is 10.2. The fourth-order valence-electron chi connectivity index (χ4n) is 1.77. The maximum atomic E-state index is 11.7. The molecular formula is C14H22N2O4. The van der Waals surface area contributed by atoms with E-state index in [4.69, 9.17) is 9.15 Å². The Morgan fingerprint density at radius 1 is 1.40 bits per heavy atom. The molecule has 1 heterocycles. The first-order chi connectivity index (χ1) is 9.54. The van der Waals surface area contributed by atoms with Gasteiger partial charge in [-0.15, -0.1) is 0 Å². The third-order valence-electron chi connectivity index (χ3n) is 2.85. The summed E-state index contributed by atoms with van der Waals surface area (Å²) in [5.41, 5.74) is 0. The Morgan fingerprint density at radius 3 is 2.70 bits per heavy atom. The van der Waals surface area contributed by atoms with Gasteiger partial charge in [0.15, 0.2) is 0 Å². The van der Waals surface area contributed by atoms with Crippen molar-refractivity contribution in [1.29, 1.82) is 0 Å². The predicted octanol–water partition coefficient (Wildman–Crippen LogP) is 1.34. The van der Waals surface area contributed by atoms with Crippen LogP contribution < -0.4 is 5.32 Å². The number of ether oxygens (including phenoxy) is 1. The summed E-state index contributed by atoms with van der Waals surface area (Å²) in [5.74, 6) is 0.273. The van der Waals surface area contributed by atoms with Crippen LogP contribution in [-0.2, 0) is 14.3 Å². The first-order valence-corrected chi connectivity index (χ1v) is 6.66. The van der Waals surface area contributed by atoms with Crippen molar-refractivity contribution >= 4 is 11.9 Å². The molecule has 1 aromatic rings. The number of hydrogen-bond acceptors (Lipinski definition) is 5. The van der Waals surface area contributed by atoms with E-state index in [1.807, 2.05) is 31.1 Å². The van der Waals surface area contributed by atoms with Gasteiger partial charge in [0, 0.05) is 13.0 Å². The van der Waals surface area contributed by atoms with E-state index in [0.717, 1.165) is 5.76 Å². The molecule has 1 aromatic heterocycles. The second-order valence-electron chi connectivity index (χ2n) is 4.60. The second kappa shape index (κ2) is 8.37. The van der Waals surface area contributed by atoms with E-state index in [0.29, 0.717) is 13.2 Å². The van der Waals surface area contributed by atoms with Crippen molar-refractivity contribution in [2.75, 3.05) is 27.2 Å². The summed E-state index contributed by atoms with van der Waals surface area (Å²) in [6.07, 6.45) is 1.85. The fraction of sp³-hybridized carbons (Fsp3) is 0.571. The maximum Gasteiger partial charge on any atom is 0.306 e. The molecule has 6 nitrogen and oxygen atoms in total. The van der Waals surface area contributed by atoms with Crippen LogP contribution in [0.1, 0.15) is 31.6 Å². The molecule has 0 aliphatic carbocycles. The van der Waals surface area contributed by atoms with Crippen LogP contribution in [0.5, 0.6) is 0 Å². The van der Waals surface area contributed by atoms with Crippen LogP contribution in [0, 0.1) is 0 Å². The van der Waals surface area contributed by atoms with Crippen molar-refractivity contribution < 1.29 is 18.7 Å². The predicted molar refractivity (Wildman–Crippen MR) is 74.0 cm³/mol. The van der Waals surface area contributed by atoms with Gasteiger partial charge in [0.2, 0.25) is 5.91 Å². The van der Waals surface area contributed by atoms with Gasteiger partial charge in [-0.3, -0.25) is 14.5 Å². The standard InChI is InChI=1S/C14H22N2O4/c1-4-19-14(18)8-7-13(17)15-10-11(16(2)3)12-6-5-9-20-12/h5-6,9,11H,4,7-8,10H2,1-3H3,(H,15,17). The Morgan fingerprint density at radius 2 is 2.15 bits per heavy atom. The van der Waals surface area contributed by atoms with Crippen LogP contribution in [-0.4, -0.2) is 44.0 Å². The Balaban J connectivity index is 2.36. The summed E-state index contributed by atoms with van der Waals surface area (Å²) in [7, 11) is 3.83. The molecule has 1 unspecified atom stereocenters. The third kappa shape index (κ3) is 5.44. The minimum Gasteiger partial charge on any atom is -0.468 e. The van der Waals surface area contributed by atoms with Crippen LogP contribution >= 0.6 is 0 Å². The van der Waals surface area contributed by atoms with Crippen LogP contribution in [0.25, 0.3) is 0 Å². The number of rotatable bonds is 8. The molecule has 1 atom stereocenters. The number of nitrogens with one attached hydrogen (secondary N) is 1. The molecule has 0 aliphatic heterocycles. The molecule has 0 saturated heterocycles. The van der Waals surface area contributed by atoms with E-state index in [1.54, 1.807) is 13.2 Å². The molecule has 112 valence electrons. The van der Waals surface area contributed by atoms with Gasteiger partial charge >= 0.3 is 5.97 Å². The van der Waals surface area contributed by atoms with Crippen LogP contribution in [0.15, 0.2) is 22.8 Å². The molecule has 0 radical (unpaired) electrons. The maximum absolute atomic E-state index is 11.7. The molecule has 1 rings (SSSR count). The number of nitrogens with zero attached hydrogens (tertiary/aromatic N) is 1. The Kier molecular flexibility index (Phi) is 6.79. The normalized spacial score (nSPS) is 12.2. The lowest BCUT2D eigenvalue weighted by Gasteiger charge is -2.22. The SMILES string of the molecule is CCOC(=O)CCC(=O)NCC(c1ccco1)N(C)C. The van der Waals surface area contributed by atoms with E-state index < -0.39 is 0 Å². The molecule has 0 spiro atoms.